The van der Waals surface area contributed by atoms with Gasteiger partial charge < -0.3 is 10.0 Å². The third kappa shape index (κ3) is 1.65. The second-order valence-electron chi connectivity index (χ2n) is 5.18. The van der Waals surface area contributed by atoms with Crippen LogP contribution in [0.4, 0.5) is 0 Å². The Labute approximate surface area is 101 Å². The first-order chi connectivity index (χ1) is 8.16. The van der Waals surface area contributed by atoms with Gasteiger partial charge in [-0.15, -0.1) is 0 Å². The second kappa shape index (κ2) is 3.84. The van der Waals surface area contributed by atoms with Crippen molar-refractivity contribution >= 4 is 5.91 Å². The van der Waals surface area contributed by atoms with Gasteiger partial charge in [-0.1, -0.05) is 17.7 Å². The zero-order chi connectivity index (χ0) is 12.0. The van der Waals surface area contributed by atoms with E-state index in [-0.39, 0.29) is 24.1 Å². The number of nitrogens with zero attached hydrogens (tertiary/aromatic N) is 1. The highest BCUT2D eigenvalue weighted by atomic mass is 16.3. The minimum Gasteiger partial charge on any atom is -0.391 e. The van der Waals surface area contributed by atoms with E-state index in [1.807, 2.05) is 36.1 Å². The van der Waals surface area contributed by atoms with Crippen LogP contribution in [0.25, 0.3) is 0 Å². The predicted molar refractivity (Wildman–Crippen MR) is 64.8 cm³/mol. The number of aliphatic hydroxyl groups excluding tert-OH is 1. The number of benzene rings is 1. The van der Waals surface area contributed by atoms with Crippen LogP contribution in [0.2, 0.25) is 0 Å². The van der Waals surface area contributed by atoms with E-state index in [1.54, 1.807) is 0 Å². The summed E-state index contributed by atoms with van der Waals surface area (Å²) in [5.74, 6) is 0.0778. The lowest BCUT2D eigenvalue weighted by atomic mass is 9.98. The van der Waals surface area contributed by atoms with Crippen LogP contribution in [0, 0.1) is 6.92 Å². The molecule has 2 aliphatic heterocycles. The molecule has 1 N–H and O–H groups in total. The highest BCUT2D eigenvalue weighted by molar-refractivity contribution is 5.95. The smallest absolute Gasteiger partial charge is 0.254 e. The number of carbonyl (C=O) groups excluding carboxylic acids is 1. The summed E-state index contributed by atoms with van der Waals surface area (Å²) in [6, 6.07) is 7.98. The van der Waals surface area contributed by atoms with Crippen LogP contribution in [0.5, 0.6) is 0 Å². The molecule has 0 aromatic heterocycles. The number of aliphatic hydroxyl groups is 1. The highest BCUT2D eigenvalue weighted by Crippen LogP contribution is 2.38. The zero-order valence-corrected chi connectivity index (χ0v) is 9.97. The largest absolute Gasteiger partial charge is 0.391 e. The Morgan fingerprint density at radius 3 is 2.53 bits per heavy atom. The van der Waals surface area contributed by atoms with E-state index in [4.69, 9.17) is 0 Å². The van der Waals surface area contributed by atoms with Gasteiger partial charge in [-0.3, -0.25) is 4.79 Å². The summed E-state index contributed by atoms with van der Waals surface area (Å²) in [6.45, 7) is 2.01. The van der Waals surface area contributed by atoms with Gasteiger partial charge in [0.1, 0.15) is 0 Å². The molecular weight excluding hydrogens is 214 g/mol. The molecule has 3 heteroatoms. The summed E-state index contributed by atoms with van der Waals surface area (Å²) in [5, 5.41) is 9.84. The maximum absolute atomic E-state index is 12.4. The summed E-state index contributed by atoms with van der Waals surface area (Å²) in [5.41, 5.74) is 1.90. The lowest BCUT2D eigenvalue weighted by molar-refractivity contribution is 0.0665. The van der Waals surface area contributed by atoms with Gasteiger partial charge in [0.2, 0.25) is 0 Å². The molecule has 0 unspecified atom stereocenters. The molecule has 1 amide bonds. The van der Waals surface area contributed by atoms with Crippen molar-refractivity contribution in [1.82, 2.24) is 4.90 Å². The van der Waals surface area contributed by atoms with Crippen molar-refractivity contribution in [1.29, 1.82) is 0 Å². The first-order valence-electron chi connectivity index (χ1n) is 6.24. The maximum Gasteiger partial charge on any atom is 0.254 e. The van der Waals surface area contributed by atoms with Gasteiger partial charge in [0.05, 0.1) is 12.1 Å². The van der Waals surface area contributed by atoms with Crippen LogP contribution in [0.3, 0.4) is 0 Å². The molecule has 3 rings (SSSR count). The molecule has 0 spiro atoms. The Hall–Kier alpha value is -1.35. The van der Waals surface area contributed by atoms with Gasteiger partial charge in [0.25, 0.3) is 5.91 Å². The minimum absolute atomic E-state index is 0.0498. The Balaban J connectivity index is 1.86. The number of amides is 1. The SMILES string of the molecule is Cc1ccc(C(=O)N2[C@H]3CC[C@@H]2[C@H](O)C3)cc1. The first-order valence-corrected chi connectivity index (χ1v) is 6.24. The summed E-state index contributed by atoms with van der Waals surface area (Å²) >= 11 is 0. The molecule has 0 saturated carbocycles. The van der Waals surface area contributed by atoms with E-state index in [1.165, 1.54) is 0 Å². The lowest BCUT2D eigenvalue weighted by Gasteiger charge is -2.22. The van der Waals surface area contributed by atoms with Crippen LogP contribution in [-0.4, -0.2) is 34.1 Å². The van der Waals surface area contributed by atoms with Gasteiger partial charge >= 0.3 is 0 Å². The van der Waals surface area contributed by atoms with Crippen LogP contribution in [-0.2, 0) is 0 Å². The van der Waals surface area contributed by atoms with Crippen LogP contribution < -0.4 is 0 Å². The van der Waals surface area contributed by atoms with Gasteiger partial charge in [-0.2, -0.15) is 0 Å². The summed E-state index contributed by atoms with van der Waals surface area (Å²) in [6.07, 6.45) is 2.42. The molecule has 17 heavy (non-hydrogen) atoms. The van der Waals surface area contributed by atoms with Gasteiger partial charge in [0.15, 0.2) is 0 Å². The molecule has 2 aliphatic rings. The fourth-order valence-electron chi connectivity index (χ4n) is 3.12. The van der Waals surface area contributed by atoms with Gasteiger partial charge in [-0.25, -0.2) is 0 Å². The van der Waals surface area contributed by atoms with Crippen molar-refractivity contribution in [3.8, 4) is 0 Å². The van der Waals surface area contributed by atoms with E-state index in [0.29, 0.717) is 0 Å². The predicted octanol–water partition coefficient (Wildman–Crippen LogP) is 1.73. The van der Waals surface area contributed by atoms with Crippen molar-refractivity contribution in [2.45, 2.75) is 44.4 Å². The summed E-state index contributed by atoms with van der Waals surface area (Å²) in [4.78, 5) is 14.3. The number of hydrogen-bond acceptors (Lipinski definition) is 2. The van der Waals surface area contributed by atoms with Crippen molar-refractivity contribution in [2.24, 2.45) is 0 Å². The molecule has 90 valence electrons. The molecule has 2 saturated heterocycles. The molecule has 3 nitrogen and oxygen atoms in total. The van der Waals surface area contributed by atoms with Crippen molar-refractivity contribution < 1.29 is 9.90 Å². The van der Waals surface area contributed by atoms with Crippen LogP contribution in [0.1, 0.15) is 35.2 Å². The van der Waals surface area contributed by atoms with Gasteiger partial charge in [-0.05, 0) is 38.3 Å². The second-order valence-corrected chi connectivity index (χ2v) is 5.18. The van der Waals surface area contributed by atoms with E-state index in [2.05, 4.69) is 0 Å². The lowest BCUT2D eigenvalue weighted by Crippen LogP contribution is -2.37. The molecule has 1 aromatic rings. The highest BCUT2D eigenvalue weighted by Gasteiger charge is 2.47. The number of carbonyl (C=O) groups is 1. The summed E-state index contributed by atoms with van der Waals surface area (Å²) < 4.78 is 0. The Morgan fingerprint density at radius 2 is 2.00 bits per heavy atom. The molecule has 2 bridgehead atoms. The van der Waals surface area contributed by atoms with Crippen molar-refractivity contribution in [3.05, 3.63) is 35.4 Å². The fourth-order valence-corrected chi connectivity index (χ4v) is 3.12. The van der Waals surface area contributed by atoms with E-state index < -0.39 is 0 Å². The molecule has 3 atom stereocenters. The van der Waals surface area contributed by atoms with Crippen molar-refractivity contribution in [2.75, 3.05) is 0 Å². The Bertz CT molecular complexity index is 440. The van der Waals surface area contributed by atoms with Crippen LogP contribution in [0.15, 0.2) is 24.3 Å². The Morgan fingerprint density at radius 1 is 1.29 bits per heavy atom. The molecule has 2 fully saturated rings. The monoisotopic (exact) mass is 231 g/mol. The Kier molecular flexibility index (Phi) is 2.44. The molecular formula is C14H17NO2. The number of aryl methyl sites for hydroxylation is 1. The number of rotatable bonds is 1. The normalized spacial score (nSPS) is 30.9. The number of fused-ring (bicyclic) bond motifs is 2. The standard InChI is InChI=1S/C14H17NO2/c1-9-2-4-10(5-3-9)14(17)15-11-6-7-12(15)13(16)8-11/h2-5,11-13,16H,6-8H2,1H3/t11-,12+,13+/m0/s1. The fraction of sp³-hybridized carbons (Fsp3) is 0.500. The molecule has 2 heterocycles. The third-order valence-corrected chi connectivity index (χ3v) is 4.04. The van der Waals surface area contributed by atoms with E-state index >= 15 is 0 Å². The first kappa shape index (κ1) is 10.8. The third-order valence-electron chi connectivity index (χ3n) is 4.04. The van der Waals surface area contributed by atoms with E-state index in [0.717, 1.165) is 30.4 Å². The average molecular weight is 231 g/mol. The topological polar surface area (TPSA) is 40.5 Å². The zero-order valence-electron chi connectivity index (χ0n) is 9.97. The molecule has 1 aromatic carbocycles. The van der Waals surface area contributed by atoms with Gasteiger partial charge in [0, 0.05) is 11.6 Å². The van der Waals surface area contributed by atoms with Crippen molar-refractivity contribution in [3.63, 3.8) is 0 Å². The molecule has 0 aliphatic carbocycles. The molecule has 0 radical (unpaired) electrons. The van der Waals surface area contributed by atoms with Crippen LogP contribution >= 0.6 is 0 Å². The quantitative estimate of drug-likeness (QED) is 0.799. The average Bonchev–Trinajstić information content (AvgIpc) is 2.85. The van der Waals surface area contributed by atoms with E-state index in [9.17, 15) is 9.90 Å². The minimum atomic E-state index is -0.317. The number of hydrogen-bond donors (Lipinski definition) is 1. The summed E-state index contributed by atoms with van der Waals surface area (Å²) in [7, 11) is 0. The maximum atomic E-state index is 12.4.